The van der Waals surface area contributed by atoms with Crippen LogP contribution in [0.5, 0.6) is 0 Å². The second kappa shape index (κ2) is 6.22. The molecule has 0 saturated heterocycles. The molecule has 0 heterocycles. The number of carbonyl (C=O) groups is 1. The molecule has 1 aliphatic rings. The summed E-state index contributed by atoms with van der Waals surface area (Å²) in [4.78, 5) is 11.2. The molecule has 1 rings (SSSR count). The van der Waals surface area contributed by atoms with Gasteiger partial charge in [-0.2, -0.15) is 0 Å². The normalized spacial score (nSPS) is 27.5. The monoisotopic (exact) mass is 207 g/mol. The molecule has 0 aromatic rings. The van der Waals surface area contributed by atoms with Crippen molar-refractivity contribution in [3.05, 3.63) is 0 Å². The number of nitrogens with two attached hydrogens (primary N) is 1. The first-order valence-electron chi connectivity index (χ1n) is 4.55. The lowest BCUT2D eigenvalue weighted by atomic mass is 9.81. The van der Waals surface area contributed by atoms with E-state index in [0.717, 1.165) is 19.3 Å². The van der Waals surface area contributed by atoms with Gasteiger partial charge in [-0.3, -0.25) is 4.79 Å². The Hall–Kier alpha value is -0.280. The van der Waals surface area contributed by atoms with E-state index in [2.05, 4.69) is 0 Å². The van der Waals surface area contributed by atoms with Crippen molar-refractivity contribution in [3.8, 4) is 0 Å². The Bertz CT molecular complexity index is 164. The summed E-state index contributed by atoms with van der Waals surface area (Å²) >= 11 is 0. The molecule has 1 fully saturated rings. The predicted octanol–water partition coefficient (Wildman–Crippen LogP) is 1.35. The molecule has 0 bridgehead atoms. The van der Waals surface area contributed by atoms with Gasteiger partial charge in [0.25, 0.3) is 0 Å². The zero-order chi connectivity index (χ0) is 8.97. The number of rotatable bonds is 2. The van der Waals surface area contributed by atoms with Crippen molar-refractivity contribution in [2.24, 2.45) is 17.6 Å². The van der Waals surface area contributed by atoms with Crippen LogP contribution in [0.3, 0.4) is 0 Å². The Balaban J connectivity index is 0.00000144. The summed E-state index contributed by atoms with van der Waals surface area (Å²) in [5.74, 6) is 0.577. The van der Waals surface area contributed by atoms with Gasteiger partial charge in [0.1, 0.15) is 0 Å². The van der Waals surface area contributed by atoms with Crippen molar-refractivity contribution in [1.29, 1.82) is 0 Å². The van der Waals surface area contributed by atoms with Crippen LogP contribution < -0.4 is 5.73 Å². The SMILES string of the molecule is COC(=O)C1CCCC(CN)C1.Cl. The molecule has 2 N–H and O–H groups in total. The minimum absolute atomic E-state index is 0. The van der Waals surface area contributed by atoms with Crippen LogP contribution in [0.1, 0.15) is 25.7 Å². The zero-order valence-electron chi connectivity index (χ0n) is 7.99. The minimum Gasteiger partial charge on any atom is -0.469 e. The first-order valence-corrected chi connectivity index (χ1v) is 4.55. The van der Waals surface area contributed by atoms with Gasteiger partial charge in [-0.15, -0.1) is 12.4 Å². The average molecular weight is 208 g/mol. The third-order valence-electron chi connectivity index (χ3n) is 2.65. The van der Waals surface area contributed by atoms with Crippen LogP contribution >= 0.6 is 12.4 Å². The molecule has 1 saturated carbocycles. The van der Waals surface area contributed by atoms with Gasteiger partial charge in [0.15, 0.2) is 0 Å². The zero-order valence-corrected chi connectivity index (χ0v) is 8.81. The molecule has 2 unspecified atom stereocenters. The molecule has 0 aliphatic heterocycles. The van der Waals surface area contributed by atoms with Crippen molar-refractivity contribution in [1.82, 2.24) is 0 Å². The van der Waals surface area contributed by atoms with Gasteiger partial charge in [-0.05, 0) is 31.7 Å². The van der Waals surface area contributed by atoms with E-state index in [9.17, 15) is 4.79 Å². The fourth-order valence-electron chi connectivity index (χ4n) is 1.89. The lowest BCUT2D eigenvalue weighted by Crippen LogP contribution is -2.27. The highest BCUT2D eigenvalue weighted by atomic mass is 35.5. The van der Waals surface area contributed by atoms with Crippen LogP contribution in [0.2, 0.25) is 0 Å². The van der Waals surface area contributed by atoms with Gasteiger partial charge in [0, 0.05) is 0 Å². The molecule has 0 amide bonds. The van der Waals surface area contributed by atoms with E-state index < -0.39 is 0 Å². The third-order valence-corrected chi connectivity index (χ3v) is 2.65. The Morgan fingerprint density at radius 2 is 2.23 bits per heavy atom. The lowest BCUT2D eigenvalue weighted by Gasteiger charge is -2.26. The molecular weight excluding hydrogens is 190 g/mol. The number of halogens is 1. The Morgan fingerprint density at radius 1 is 1.54 bits per heavy atom. The summed E-state index contributed by atoms with van der Waals surface area (Å²) in [5.41, 5.74) is 5.55. The molecule has 0 spiro atoms. The van der Waals surface area contributed by atoms with E-state index in [1.807, 2.05) is 0 Å². The lowest BCUT2D eigenvalue weighted by molar-refractivity contribution is -0.147. The number of hydrogen-bond donors (Lipinski definition) is 1. The number of ether oxygens (including phenoxy) is 1. The van der Waals surface area contributed by atoms with Gasteiger partial charge in [0.05, 0.1) is 13.0 Å². The van der Waals surface area contributed by atoms with E-state index in [0.29, 0.717) is 12.5 Å². The van der Waals surface area contributed by atoms with E-state index in [-0.39, 0.29) is 24.3 Å². The molecule has 0 aromatic heterocycles. The molecule has 2 atom stereocenters. The van der Waals surface area contributed by atoms with Crippen molar-refractivity contribution in [2.75, 3.05) is 13.7 Å². The highest BCUT2D eigenvalue weighted by Crippen LogP contribution is 2.28. The quantitative estimate of drug-likeness (QED) is 0.696. The summed E-state index contributed by atoms with van der Waals surface area (Å²) in [5, 5.41) is 0. The molecular formula is C9H18ClNO2. The van der Waals surface area contributed by atoms with Gasteiger partial charge in [-0.25, -0.2) is 0 Å². The molecule has 3 nitrogen and oxygen atoms in total. The number of carbonyl (C=O) groups excluding carboxylic acids is 1. The van der Waals surface area contributed by atoms with Gasteiger partial charge >= 0.3 is 5.97 Å². The van der Waals surface area contributed by atoms with Gasteiger partial charge in [-0.1, -0.05) is 6.42 Å². The molecule has 78 valence electrons. The van der Waals surface area contributed by atoms with E-state index >= 15 is 0 Å². The van der Waals surface area contributed by atoms with Crippen LogP contribution in [0.15, 0.2) is 0 Å². The molecule has 1 aliphatic carbocycles. The topological polar surface area (TPSA) is 52.3 Å². The number of methoxy groups -OCH3 is 1. The molecule has 0 aromatic carbocycles. The Labute approximate surface area is 85.4 Å². The van der Waals surface area contributed by atoms with Crippen molar-refractivity contribution in [3.63, 3.8) is 0 Å². The first-order chi connectivity index (χ1) is 5.77. The predicted molar refractivity (Wildman–Crippen MR) is 53.8 cm³/mol. The van der Waals surface area contributed by atoms with Crippen molar-refractivity contribution >= 4 is 18.4 Å². The number of esters is 1. The Morgan fingerprint density at radius 3 is 2.77 bits per heavy atom. The highest BCUT2D eigenvalue weighted by molar-refractivity contribution is 5.85. The van der Waals surface area contributed by atoms with E-state index in [1.165, 1.54) is 13.5 Å². The summed E-state index contributed by atoms with van der Waals surface area (Å²) in [6.07, 6.45) is 4.18. The fourth-order valence-corrected chi connectivity index (χ4v) is 1.89. The third kappa shape index (κ3) is 3.53. The summed E-state index contributed by atoms with van der Waals surface area (Å²) in [6.45, 7) is 0.702. The standard InChI is InChI=1S/C9H17NO2.ClH/c1-12-9(11)8-4-2-3-7(5-8)6-10;/h7-8H,2-6,10H2,1H3;1H. The Kier molecular flexibility index (Phi) is 6.08. The maximum absolute atomic E-state index is 11.2. The largest absolute Gasteiger partial charge is 0.469 e. The second-order valence-electron chi connectivity index (χ2n) is 3.49. The van der Waals surface area contributed by atoms with Gasteiger partial charge in [0.2, 0.25) is 0 Å². The van der Waals surface area contributed by atoms with Crippen LogP contribution in [0, 0.1) is 11.8 Å². The minimum atomic E-state index is -0.0619. The van der Waals surface area contributed by atoms with Crippen LogP contribution in [0.4, 0.5) is 0 Å². The number of hydrogen-bond acceptors (Lipinski definition) is 3. The maximum atomic E-state index is 11.2. The maximum Gasteiger partial charge on any atom is 0.308 e. The molecule has 0 radical (unpaired) electrons. The van der Waals surface area contributed by atoms with Crippen molar-refractivity contribution in [2.45, 2.75) is 25.7 Å². The van der Waals surface area contributed by atoms with E-state index in [1.54, 1.807) is 0 Å². The van der Waals surface area contributed by atoms with Crippen molar-refractivity contribution < 1.29 is 9.53 Å². The van der Waals surface area contributed by atoms with Gasteiger partial charge < -0.3 is 10.5 Å². The summed E-state index contributed by atoms with van der Waals surface area (Å²) in [6, 6.07) is 0. The van der Waals surface area contributed by atoms with Crippen LogP contribution in [0.25, 0.3) is 0 Å². The summed E-state index contributed by atoms with van der Waals surface area (Å²) < 4.78 is 4.70. The second-order valence-corrected chi connectivity index (χ2v) is 3.49. The fraction of sp³-hybridized carbons (Fsp3) is 0.889. The summed E-state index contributed by atoms with van der Waals surface area (Å²) in [7, 11) is 1.45. The first kappa shape index (κ1) is 12.7. The smallest absolute Gasteiger partial charge is 0.308 e. The van der Waals surface area contributed by atoms with Crippen LogP contribution in [-0.4, -0.2) is 19.6 Å². The average Bonchev–Trinajstić information content (AvgIpc) is 2.17. The van der Waals surface area contributed by atoms with E-state index in [4.69, 9.17) is 10.5 Å². The molecule has 4 heteroatoms. The highest BCUT2D eigenvalue weighted by Gasteiger charge is 2.26. The molecule has 13 heavy (non-hydrogen) atoms. The van der Waals surface area contributed by atoms with Crippen LogP contribution in [-0.2, 0) is 9.53 Å².